The van der Waals surface area contributed by atoms with Gasteiger partial charge < -0.3 is 15.2 Å². The Labute approximate surface area is 143 Å². The minimum absolute atomic E-state index is 0.0733. The highest BCUT2D eigenvalue weighted by molar-refractivity contribution is 5.87. The number of hydrogen-bond acceptors (Lipinski definition) is 7. The van der Waals surface area contributed by atoms with Crippen molar-refractivity contribution in [2.45, 2.75) is 26.4 Å². The van der Waals surface area contributed by atoms with Gasteiger partial charge in [0.1, 0.15) is 11.4 Å². The van der Waals surface area contributed by atoms with Gasteiger partial charge in [0.25, 0.3) is 0 Å². The monoisotopic (exact) mass is 346 g/mol. The third-order valence-electron chi connectivity index (χ3n) is 2.80. The quantitative estimate of drug-likeness (QED) is 0.490. The Morgan fingerprint density at radius 2 is 1.88 bits per heavy atom. The van der Waals surface area contributed by atoms with Crippen LogP contribution in [-0.4, -0.2) is 21.6 Å². The molecule has 1 aromatic carbocycles. The summed E-state index contributed by atoms with van der Waals surface area (Å²) < 4.78 is 10.6. The fourth-order valence-corrected chi connectivity index (χ4v) is 1.85. The summed E-state index contributed by atoms with van der Waals surface area (Å²) in [5.74, 6) is 0.00902. The molecule has 2 aromatic rings. The first-order chi connectivity index (χ1) is 11.7. The Morgan fingerprint density at radius 1 is 1.24 bits per heavy atom. The van der Waals surface area contributed by atoms with Crippen LogP contribution in [0.25, 0.3) is 0 Å². The van der Waals surface area contributed by atoms with Crippen molar-refractivity contribution in [2.75, 3.05) is 11.1 Å². The molecular weight excluding hydrogens is 328 g/mol. The summed E-state index contributed by atoms with van der Waals surface area (Å²) in [6, 6.07) is 7.67. The molecule has 1 amide bonds. The number of nitrogen functional groups attached to an aromatic ring is 1. The first-order valence-electron chi connectivity index (χ1n) is 7.32. The Hall–Kier alpha value is -3.36. The second-order valence-corrected chi connectivity index (χ2v) is 6.06. The van der Waals surface area contributed by atoms with Gasteiger partial charge in [0.05, 0.1) is 4.92 Å². The Kier molecular flexibility index (Phi) is 5.06. The summed E-state index contributed by atoms with van der Waals surface area (Å²) in [4.78, 5) is 26.4. The van der Waals surface area contributed by atoms with Crippen molar-refractivity contribution in [3.05, 3.63) is 46.6 Å². The van der Waals surface area contributed by atoms with Gasteiger partial charge in [0.2, 0.25) is 11.6 Å². The molecule has 2 rings (SSSR count). The first-order valence-corrected chi connectivity index (χ1v) is 7.32. The third-order valence-corrected chi connectivity index (χ3v) is 2.80. The van der Waals surface area contributed by atoms with E-state index in [1.165, 1.54) is 12.3 Å². The molecule has 9 heteroatoms. The molecule has 1 aromatic heterocycles. The van der Waals surface area contributed by atoms with Crippen LogP contribution in [0.5, 0.6) is 11.5 Å². The van der Waals surface area contributed by atoms with E-state index in [1.54, 1.807) is 45.0 Å². The SMILES string of the molecule is CC(C)(C)OC(=O)Nc1nccc(Oc2ccc(N)cc2)c1[N+](=O)[O-]. The molecule has 1 heterocycles. The molecule has 9 nitrogen and oxygen atoms in total. The summed E-state index contributed by atoms with van der Waals surface area (Å²) in [6.07, 6.45) is 0.430. The van der Waals surface area contributed by atoms with E-state index in [0.29, 0.717) is 11.4 Å². The number of rotatable bonds is 4. The van der Waals surface area contributed by atoms with Crippen molar-refractivity contribution in [2.24, 2.45) is 0 Å². The molecule has 0 unspecified atom stereocenters. The summed E-state index contributed by atoms with van der Waals surface area (Å²) in [5.41, 5.74) is 4.89. The zero-order valence-electron chi connectivity index (χ0n) is 14.0. The molecule has 0 saturated carbocycles. The number of nitro groups is 1. The predicted octanol–water partition coefficient (Wildman–Crippen LogP) is 3.71. The van der Waals surface area contributed by atoms with E-state index in [4.69, 9.17) is 15.2 Å². The topological polar surface area (TPSA) is 130 Å². The Balaban J connectivity index is 2.31. The van der Waals surface area contributed by atoms with Crippen LogP contribution in [0.1, 0.15) is 20.8 Å². The number of anilines is 2. The van der Waals surface area contributed by atoms with E-state index < -0.39 is 22.3 Å². The van der Waals surface area contributed by atoms with Gasteiger partial charge in [-0.15, -0.1) is 0 Å². The van der Waals surface area contributed by atoms with Crippen molar-refractivity contribution < 1.29 is 19.2 Å². The number of nitrogens with two attached hydrogens (primary N) is 1. The minimum atomic E-state index is -0.854. The second kappa shape index (κ2) is 7.04. The zero-order valence-corrected chi connectivity index (χ0v) is 14.0. The first kappa shape index (κ1) is 18.0. The molecule has 0 fully saturated rings. The molecule has 0 atom stereocenters. The molecular formula is C16H18N4O5. The summed E-state index contributed by atoms with van der Waals surface area (Å²) in [6.45, 7) is 5.03. The average Bonchev–Trinajstić information content (AvgIpc) is 2.47. The lowest BCUT2D eigenvalue weighted by atomic mass is 10.2. The van der Waals surface area contributed by atoms with E-state index in [1.807, 2.05) is 0 Å². The number of nitrogens with zero attached hydrogens (tertiary/aromatic N) is 2. The normalized spacial score (nSPS) is 10.8. The number of pyridine rings is 1. The fourth-order valence-electron chi connectivity index (χ4n) is 1.85. The van der Waals surface area contributed by atoms with E-state index in [9.17, 15) is 14.9 Å². The second-order valence-electron chi connectivity index (χ2n) is 6.06. The largest absolute Gasteiger partial charge is 0.450 e. The molecule has 132 valence electrons. The van der Waals surface area contributed by atoms with E-state index in [2.05, 4.69) is 10.3 Å². The van der Waals surface area contributed by atoms with Gasteiger partial charge in [-0.25, -0.2) is 9.78 Å². The number of benzene rings is 1. The Bertz CT molecular complexity index is 784. The van der Waals surface area contributed by atoms with Crippen LogP contribution in [-0.2, 0) is 4.74 Å². The van der Waals surface area contributed by atoms with E-state index >= 15 is 0 Å². The summed E-state index contributed by atoms with van der Waals surface area (Å²) in [5, 5.41) is 13.7. The van der Waals surface area contributed by atoms with E-state index in [-0.39, 0.29) is 11.6 Å². The summed E-state index contributed by atoms with van der Waals surface area (Å²) in [7, 11) is 0. The van der Waals surface area contributed by atoms with Crippen molar-refractivity contribution >= 4 is 23.3 Å². The van der Waals surface area contributed by atoms with Gasteiger partial charge in [0.15, 0.2) is 0 Å². The smallest absolute Gasteiger partial charge is 0.413 e. The molecule has 0 aliphatic heterocycles. The molecule has 0 radical (unpaired) electrons. The average molecular weight is 346 g/mol. The maximum atomic E-state index is 11.9. The number of ether oxygens (including phenoxy) is 2. The minimum Gasteiger partial charge on any atom is -0.450 e. The van der Waals surface area contributed by atoms with Crippen LogP contribution < -0.4 is 15.8 Å². The van der Waals surface area contributed by atoms with Gasteiger partial charge in [-0.3, -0.25) is 15.4 Å². The molecule has 0 bridgehead atoms. The molecule has 0 aliphatic carbocycles. The van der Waals surface area contributed by atoms with Gasteiger partial charge in [-0.2, -0.15) is 0 Å². The maximum absolute atomic E-state index is 11.9. The lowest BCUT2D eigenvalue weighted by Gasteiger charge is -2.19. The van der Waals surface area contributed by atoms with Crippen LogP contribution in [0, 0.1) is 10.1 Å². The molecule has 0 spiro atoms. The third kappa shape index (κ3) is 5.06. The number of amides is 1. The molecule has 25 heavy (non-hydrogen) atoms. The van der Waals surface area contributed by atoms with Crippen molar-refractivity contribution in [3.63, 3.8) is 0 Å². The van der Waals surface area contributed by atoms with Gasteiger partial charge in [-0.05, 0) is 45.0 Å². The van der Waals surface area contributed by atoms with Crippen molar-refractivity contribution in [1.82, 2.24) is 4.98 Å². The standard InChI is InChI=1S/C16H18N4O5/c1-16(2,3)25-15(21)19-14-13(20(22)23)12(8-9-18-14)24-11-6-4-10(17)5-7-11/h4-9H,17H2,1-3H3,(H,18,19,21). The van der Waals surface area contributed by atoms with Crippen LogP contribution in [0.2, 0.25) is 0 Å². The van der Waals surface area contributed by atoms with Crippen LogP contribution in [0.3, 0.4) is 0 Å². The summed E-state index contributed by atoms with van der Waals surface area (Å²) >= 11 is 0. The highest BCUT2D eigenvalue weighted by atomic mass is 16.6. The van der Waals surface area contributed by atoms with Gasteiger partial charge in [0, 0.05) is 18.0 Å². The van der Waals surface area contributed by atoms with Crippen molar-refractivity contribution in [3.8, 4) is 11.5 Å². The van der Waals surface area contributed by atoms with E-state index in [0.717, 1.165) is 0 Å². The fraction of sp³-hybridized carbons (Fsp3) is 0.250. The number of carbonyl (C=O) groups excluding carboxylic acids is 1. The van der Waals surface area contributed by atoms with Crippen LogP contribution in [0.15, 0.2) is 36.5 Å². The van der Waals surface area contributed by atoms with Crippen LogP contribution >= 0.6 is 0 Å². The lowest BCUT2D eigenvalue weighted by molar-refractivity contribution is -0.384. The molecule has 0 saturated heterocycles. The van der Waals surface area contributed by atoms with Crippen molar-refractivity contribution in [1.29, 1.82) is 0 Å². The highest BCUT2D eigenvalue weighted by Crippen LogP contribution is 2.36. The zero-order chi connectivity index (χ0) is 18.6. The Morgan fingerprint density at radius 3 is 2.44 bits per heavy atom. The lowest BCUT2D eigenvalue weighted by Crippen LogP contribution is -2.27. The number of carbonyl (C=O) groups is 1. The van der Waals surface area contributed by atoms with Crippen LogP contribution in [0.4, 0.5) is 22.0 Å². The van der Waals surface area contributed by atoms with Gasteiger partial charge >= 0.3 is 11.8 Å². The number of nitrogens with one attached hydrogen (secondary N) is 1. The molecule has 3 N–H and O–H groups in total. The van der Waals surface area contributed by atoms with Gasteiger partial charge in [-0.1, -0.05) is 0 Å². The number of hydrogen-bond donors (Lipinski definition) is 2. The maximum Gasteiger partial charge on any atom is 0.413 e. The molecule has 0 aliphatic rings. The highest BCUT2D eigenvalue weighted by Gasteiger charge is 2.26. The predicted molar refractivity (Wildman–Crippen MR) is 91.7 cm³/mol. The number of aromatic nitrogens is 1.